The third-order valence-electron chi connectivity index (χ3n) is 3.86. The third kappa shape index (κ3) is 4.74. The first-order valence-corrected chi connectivity index (χ1v) is 7.71. The highest BCUT2D eigenvalue weighted by molar-refractivity contribution is 6.30. The molecule has 0 aliphatic carbocycles. The van der Waals surface area contributed by atoms with Crippen LogP contribution < -0.4 is 5.32 Å². The Hall–Kier alpha value is -1.55. The predicted molar refractivity (Wildman–Crippen MR) is 83.1 cm³/mol. The molecule has 0 bridgehead atoms. The number of nitrogens with one attached hydrogen (secondary N) is 1. The molecule has 1 heterocycles. The van der Waals surface area contributed by atoms with Gasteiger partial charge >= 0.3 is 0 Å². The van der Waals surface area contributed by atoms with E-state index in [1.165, 1.54) is 0 Å². The number of piperidine rings is 1. The van der Waals surface area contributed by atoms with Crippen LogP contribution in [0.4, 0.5) is 0 Å². The molecule has 0 radical (unpaired) electrons. The number of amides is 2. The number of halogens is 1. The minimum atomic E-state index is -0.0760. The molecule has 1 atom stereocenters. The van der Waals surface area contributed by atoms with E-state index in [0.29, 0.717) is 18.1 Å². The molecule has 1 N–H and O–H groups in total. The van der Waals surface area contributed by atoms with Crippen LogP contribution in [0.15, 0.2) is 24.3 Å². The smallest absolute Gasteiger partial charge is 0.224 e. The second kappa shape index (κ2) is 7.46. The fourth-order valence-electron chi connectivity index (χ4n) is 2.60. The normalized spacial score (nSPS) is 18.4. The lowest BCUT2D eigenvalue weighted by Gasteiger charge is -2.31. The zero-order valence-electron chi connectivity index (χ0n) is 12.3. The van der Waals surface area contributed by atoms with Gasteiger partial charge < -0.3 is 10.2 Å². The first-order valence-electron chi connectivity index (χ1n) is 7.34. The second-order valence-electron chi connectivity index (χ2n) is 5.47. The number of carbonyl (C=O) groups excluding carboxylic acids is 2. The van der Waals surface area contributed by atoms with Crippen molar-refractivity contribution in [3.8, 4) is 0 Å². The van der Waals surface area contributed by atoms with Gasteiger partial charge in [-0.1, -0.05) is 23.7 Å². The van der Waals surface area contributed by atoms with Gasteiger partial charge in [-0.05, 0) is 37.0 Å². The van der Waals surface area contributed by atoms with Gasteiger partial charge in [0.2, 0.25) is 11.8 Å². The summed E-state index contributed by atoms with van der Waals surface area (Å²) in [7, 11) is 0. The molecule has 0 aromatic heterocycles. The maximum absolute atomic E-state index is 12.1. The van der Waals surface area contributed by atoms with Gasteiger partial charge in [0.15, 0.2) is 0 Å². The minimum Gasteiger partial charge on any atom is -0.355 e. The summed E-state index contributed by atoms with van der Waals surface area (Å²) in [6.07, 6.45) is 2.54. The van der Waals surface area contributed by atoms with Crippen molar-refractivity contribution in [2.45, 2.75) is 26.2 Å². The summed E-state index contributed by atoms with van der Waals surface area (Å²) in [6, 6.07) is 7.63. The Morgan fingerprint density at radius 2 is 2.05 bits per heavy atom. The Morgan fingerprint density at radius 3 is 2.71 bits per heavy atom. The molecule has 1 aliphatic rings. The standard InChI is InChI=1S/C16H21ClN2O2/c1-12(20)19-10-2-3-14(11-19)16(21)18-9-8-13-4-6-15(17)7-5-13/h4-7,14H,2-3,8-11H2,1H3,(H,18,21). The molecule has 1 aliphatic heterocycles. The van der Waals surface area contributed by atoms with Crippen LogP contribution in [0.2, 0.25) is 5.02 Å². The molecule has 1 fully saturated rings. The van der Waals surface area contributed by atoms with Crippen LogP contribution in [0.25, 0.3) is 0 Å². The van der Waals surface area contributed by atoms with Crippen LogP contribution in [-0.2, 0) is 16.0 Å². The first-order chi connectivity index (χ1) is 10.1. The zero-order valence-corrected chi connectivity index (χ0v) is 13.0. The maximum Gasteiger partial charge on any atom is 0.224 e. The van der Waals surface area contributed by atoms with Crippen molar-refractivity contribution < 1.29 is 9.59 Å². The molecule has 21 heavy (non-hydrogen) atoms. The summed E-state index contributed by atoms with van der Waals surface area (Å²) in [6.45, 7) is 3.48. The van der Waals surface area contributed by atoms with E-state index >= 15 is 0 Å². The predicted octanol–water partition coefficient (Wildman–Crippen LogP) is 2.26. The lowest BCUT2D eigenvalue weighted by molar-refractivity contribution is -0.133. The van der Waals surface area contributed by atoms with Gasteiger partial charge in [0.05, 0.1) is 5.92 Å². The molecule has 114 valence electrons. The average Bonchev–Trinajstić information content (AvgIpc) is 2.49. The van der Waals surface area contributed by atoms with E-state index in [2.05, 4.69) is 5.32 Å². The van der Waals surface area contributed by atoms with Gasteiger partial charge in [-0.15, -0.1) is 0 Å². The van der Waals surface area contributed by atoms with Crippen molar-refractivity contribution in [2.24, 2.45) is 5.92 Å². The molecular weight excluding hydrogens is 288 g/mol. The summed E-state index contributed by atoms with van der Waals surface area (Å²) in [5.74, 6) is 0.0245. The fourth-order valence-corrected chi connectivity index (χ4v) is 2.73. The molecule has 0 spiro atoms. The topological polar surface area (TPSA) is 49.4 Å². The van der Waals surface area contributed by atoms with Crippen LogP contribution in [-0.4, -0.2) is 36.3 Å². The molecule has 2 rings (SSSR count). The highest BCUT2D eigenvalue weighted by atomic mass is 35.5. The summed E-state index contributed by atoms with van der Waals surface area (Å²) in [5.41, 5.74) is 1.15. The van der Waals surface area contributed by atoms with Gasteiger partial charge in [-0.3, -0.25) is 9.59 Å². The van der Waals surface area contributed by atoms with Crippen molar-refractivity contribution in [3.63, 3.8) is 0 Å². The Balaban J connectivity index is 1.76. The third-order valence-corrected chi connectivity index (χ3v) is 4.12. The van der Waals surface area contributed by atoms with E-state index in [4.69, 9.17) is 11.6 Å². The highest BCUT2D eigenvalue weighted by Crippen LogP contribution is 2.16. The molecule has 4 nitrogen and oxygen atoms in total. The van der Waals surface area contributed by atoms with Crippen molar-refractivity contribution in [1.82, 2.24) is 10.2 Å². The summed E-state index contributed by atoms with van der Waals surface area (Å²) in [4.78, 5) is 25.3. The Labute approximate surface area is 130 Å². The molecule has 1 aromatic rings. The molecular formula is C16H21ClN2O2. The second-order valence-corrected chi connectivity index (χ2v) is 5.91. The van der Waals surface area contributed by atoms with E-state index in [-0.39, 0.29) is 17.7 Å². The molecule has 2 amide bonds. The van der Waals surface area contributed by atoms with Gasteiger partial charge in [0, 0.05) is 31.6 Å². The fraction of sp³-hybridized carbons (Fsp3) is 0.500. The molecule has 5 heteroatoms. The van der Waals surface area contributed by atoms with Crippen molar-refractivity contribution in [1.29, 1.82) is 0 Å². The minimum absolute atomic E-state index is 0.0497. The number of rotatable bonds is 4. The summed E-state index contributed by atoms with van der Waals surface area (Å²) >= 11 is 5.83. The Morgan fingerprint density at radius 1 is 1.33 bits per heavy atom. The van der Waals surface area contributed by atoms with Crippen molar-refractivity contribution in [3.05, 3.63) is 34.9 Å². The van der Waals surface area contributed by atoms with Gasteiger partial charge in [0.1, 0.15) is 0 Å². The number of benzene rings is 1. The van der Waals surface area contributed by atoms with E-state index in [1.807, 2.05) is 24.3 Å². The highest BCUT2D eigenvalue weighted by Gasteiger charge is 2.26. The van der Waals surface area contributed by atoms with E-state index in [0.717, 1.165) is 31.4 Å². The number of carbonyl (C=O) groups is 2. The molecule has 1 unspecified atom stereocenters. The number of nitrogens with zero attached hydrogens (tertiary/aromatic N) is 1. The van der Waals surface area contributed by atoms with Gasteiger partial charge in [-0.2, -0.15) is 0 Å². The van der Waals surface area contributed by atoms with Gasteiger partial charge in [0.25, 0.3) is 0 Å². The van der Waals surface area contributed by atoms with E-state index < -0.39 is 0 Å². The number of hydrogen-bond donors (Lipinski definition) is 1. The molecule has 1 aromatic carbocycles. The van der Waals surface area contributed by atoms with Crippen molar-refractivity contribution in [2.75, 3.05) is 19.6 Å². The number of likely N-dealkylation sites (tertiary alicyclic amines) is 1. The van der Waals surface area contributed by atoms with Crippen LogP contribution in [0.3, 0.4) is 0 Å². The van der Waals surface area contributed by atoms with Crippen LogP contribution in [0.5, 0.6) is 0 Å². The van der Waals surface area contributed by atoms with Crippen LogP contribution >= 0.6 is 11.6 Å². The van der Waals surface area contributed by atoms with Crippen LogP contribution in [0.1, 0.15) is 25.3 Å². The maximum atomic E-state index is 12.1. The molecule has 1 saturated heterocycles. The SMILES string of the molecule is CC(=O)N1CCCC(C(=O)NCCc2ccc(Cl)cc2)C1. The molecule has 0 saturated carbocycles. The number of hydrogen-bond acceptors (Lipinski definition) is 2. The summed E-state index contributed by atoms with van der Waals surface area (Å²) in [5, 5.41) is 3.68. The van der Waals surface area contributed by atoms with Gasteiger partial charge in [-0.25, -0.2) is 0 Å². The lowest BCUT2D eigenvalue weighted by Crippen LogP contribution is -2.45. The first kappa shape index (κ1) is 15.8. The quantitative estimate of drug-likeness (QED) is 0.927. The van der Waals surface area contributed by atoms with E-state index in [1.54, 1.807) is 11.8 Å². The lowest BCUT2D eigenvalue weighted by atomic mass is 9.97. The Bertz CT molecular complexity index is 502. The monoisotopic (exact) mass is 308 g/mol. The van der Waals surface area contributed by atoms with Crippen LogP contribution in [0, 0.1) is 5.92 Å². The summed E-state index contributed by atoms with van der Waals surface area (Å²) < 4.78 is 0. The largest absolute Gasteiger partial charge is 0.355 e. The van der Waals surface area contributed by atoms with Crippen molar-refractivity contribution >= 4 is 23.4 Å². The Kier molecular flexibility index (Phi) is 5.62. The van der Waals surface area contributed by atoms with E-state index in [9.17, 15) is 9.59 Å². The average molecular weight is 309 g/mol. The zero-order chi connectivity index (χ0) is 15.2.